The summed E-state index contributed by atoms with van der Waals surface area (Å²) in [5.74, 6) is 0. The molecule has 2 rings (SSSR count). The minimum Gasteiger partial charge on any atom is -0.298 e. The molecule has 0 heterocycles. The number of aldehydes is 1. The van der Waals surface area contributed by atoms with Gasteiger partial charge in [0, 0.05) is 10.6 Å². The maximum absolute atomic E-state index is 11.1. The molecule has 0 spiro atoms. The third kappa shape index (κ3) is 3.05. The zero-order chi connectivity index (χ0) is 14.0. The lowest BCUT2D eigenvalue weighted by molar-refractivity contribution is 0.112. The van der Waals surface area contributed by atoms with Crippen molar-refractivity contribution in [1.29, 1.82) is 0 Å². The van der Waals surface area contributed by atoms with Crippen LogP contribution in [0, 0.1) is 0 Å². The van der Waals surface area contributed by atoms with Crippen molar-refractivity contribution in [1.82, 2.24) is 0 Å². The van der Waals surface area contributed by atoms with Crippen LogP contribution in [0.1, 0.15) is 36.7 Å². The normalized spacial score (nSPS) is 11.4. The van der Waals surface area contributed by atoms with E-state index in [1.54, 1.807) is 12.1 Å². The van der Waals surface area contributed by atoms with Gasteiger partial charge in [-0.05, 0) is 40.3 Å². The smallest absolute Gasteiger partial charge is 0.150 e. The fourth-order valence-corrected chi connectivity index (χ4v) is 2.20. The highest BCUT2D eigenvalue weighted by Crippen LogP contribution is 2.29. The van der Waals surface area contributed by atoms with Crippen molar-refractivity contribution in [2.45, 2.75) is 26.2 Å². The zero-order valence-corrected chi connectivity index (χ0v) is 12.2. The van der Waals surface area contributed by atoms with E-state index in [-0.39, 0.29) is 5.41 Å². The maximum atomic E-state index is 11.1. The molecule has 2 aromatic carbocycles. The monoisotopic (exact) mass is 272 g/mol. The van der Waals surface area contributed by atoms with Gasteiger partial charge in [-0.25, -0.2) is 0 Å². The Morgan fingerprint density at radius 2 is 1.63 bits per heavy atom. The average Bonchev–Trinajstić information content (AvgIpc) is 2.38. The standard InChI is InChI=1S/C17H17ClO/c1-17(2,3)14-7-4-12(5-8-14)16-10-15(18)9-6-13(16)11-19/h4-11H,1-3H3. The van der Waals surface area contributed by atoms with Gasteiger partial charge in [0.2, 0.25) is 0 Å². The van der Waals surface area contributed by atoms with Crippen molar-refractivity contribution in [2.24, 2.45) is 0 Å². The molecule has 0 fully saturated rings. The second-order valence-electron chi connectivity index (χ2n) is 5.68. The molecule has 1 nitrogen and oxygen atoms in total. The van der Waals surface area contributed by atoms with Crippen molar-refractivity contribution in [3.63, 3.8) is 0 Å². The molecule has 98 valence electrons. The number of hydrogen-bond acceptors (Lipinski definition) is 1. The number of hydrogen-bond donors (Lipinski definition) is 0. The minimum absolute atomic E-state index is 0.125. The highest BCUT2D eigenvalue weighted by atomic mass is 35.5. The highest BCUT2D eigenvalue weighted by Gasteiger charge is 2.13. The fourth-order valence-electron chi connectivity index (χ4n) is 2.03. The average molecular weight is 273 g/mol. The first kappa shape index (κ1) is 13.8. The zero-order valence-electron chi connectivity index (χ0n) is 11.4. The predicted molar refractivity (Wildman–Crippen MR) is 81.0 cm³/mol. The van der Waals surface area contributed by atoms with E-state index < -0.39 is 0 Å². The number of carbonyl (C=O) groups is 1. The molecular formula is C17H17ClO. The molecule has 0 aliphatic rings. The first-order valence-corrected chi connectivity index (χ1v) is 6.65. The van der Waals surface area contributed by atoms with Crippen LogP contribution in [0.2, 0.25) is 5.02 Å². The summed E-state index contributed by atoms with van der Waals surface area (Å²) in [5, 5.41) is 0.639. The summed E-state index contributed by atoms with van der Waals surface area (Å²) in [6, 6.07) is 13.6. The van der Waals surface area contributed by atoms with E-state index in [2.05, 4.69) is 32.9 Å². The maximum Gasteiger partial charge on any atom is 0.150 e. The Morgan fingerprint density at radius 1 is 1.00 bits per heavy atom. The van der Waals surface area contributed by atoms with Crippen LogP contribution in [-0.4, -0.2) is 6.29 Å². The third-order valence-electron chi connectivity index (χ3n) is 3.20. The summed E-state index contributed by atoms with van der Waals surface area (Å²) in [6.45, 7) is 6.54. The molecule has 0 unspecified atom stereocenters. The van der Waals surface area contributed by atoms with Crippen LogP contribution in [0.4, 0.5) is 0 Å². The summed E-state index contributed by atoms with van der Waals surface area (Å²) in [4.78, 5) is 11.1. The van der Waals surface area contributed by atoms with Crippen molar-refractivity contribution < 1.29 is 4.79 Å². The van der Waals surface area contributed by atoms with Crippen molar-refractivity contribution in [3.8, 4) is 11.1 Å². The molecule has 2 heteroatoms. The van der Waals surface area contributed by atoms with Crippen LogP contribution in [0.15, 0.2) is 42.5 Å². The summed E-state index contributed by atoms with van der Waals surface area (Å²) in [7, 11) is 0. The van der Waals surface area contributed by atoms with Gasteiger partial charge in [-0.2, -0.15) is 0 Å². The number of halogens is 1. The molecule has 0 atom stereocenters. The molecular weight excluding hydrogens is 256 g/mol. The van der Waals surface area contributed by atoms with Crippen LogP contribution >= 0.6 is 11.6 Å². The van der Waals surface area contributed by atoms with Gasteiger partial charge in [-0.3, -0.25) is 4.79 Å². The largest absolute Gasteiger partial charge is 0.298 e. The molecule has 0 N–H and O–H groups in total. The molecule has 0 aliphatic heterocycles. The van der Waals surface area contributed by atoms with Gasteiger partial charge in [-0.15, -0.1) is 0 Å². The van der Waals surface area contributed by atoms with Crippen LogP contribution in [0.3, 0.4) is 0 Å². The van der Waals surface area contributed by atoms with Crippen LogP contribution in [0.5, 0.6) is 0 Å². The Kier molecular flexibility index (Phi) is 3.77. The molecule has 0 saturated heterocycles. The molecule has 0 bridgehead atoms. The van der Waals surface area contributed by atoms with E-state index in [0.29, 0.717) is 10.6 Å². The van der Waals surface area contributed by atoms with Gasteiger partial charge in [0.1, 0.15) is 0 Å². The van der Waals surface area contributed by atoms with Gasteiger partial charge in [0.05, 0.1) is 0 Å². The van der Waals surface area contributed by atoms with E-state index in [0.717, 1.165) is 17.4 Å². The van der Waals surface area contributed by atoms with Gasteiger partial charge >= 0.3 is 0 Å². The topological polar surface area (TPSA) is 17.1 Å². The molecule has 0 radical (unpaired) electrons. The Labute approximate surface area is 119 Å². The molecule has 0 amide bonds. The first-order valence-electron chi connectivity index (χ1n) is 6.27. The lowest BCUT2D eigenvalue weighted by atomic mass is 9.86. The Bertz CT molecular complexity index is 592. The Hall–Kier alpha value is -1.60. The molecule has 2 aromatic rings. The Morgan fingerprint density at radius 3 is 2.16 bits per heavy atom. The molecule has 19 heavy (non-hydrogen) atoms. The number of rotatable bonds is 2. The van der Waals surface area contributed by atoms with E-state index >= 15 is 0 Å². The predicted octanol–water partition coefficient (Wildman–Crippen LogP) is 5.12. The molecule has 0 aromatic heterocycles. The van der Waals surface area contributed by atoms with Gasteiger partial charge in [0.25, 0.3) is 0 Å². The van der Waals surface area contributed by atoms with Crippen molar-refractivity contribution >= 4 is 17.9 Å². The van der Waals surface area contributed by atoms with E-state index in [1.165, 1.54) is 5.56 Å². The minimum atomic E-state index is 0.125. The lowest BCUT2D eigenvalue weighted by Crippen LogP contribution is -2.10. The van der Waals surface area contributed by atoms with Gasteiger partial charge < -0.3 is 0 Å². The van der Waals surface area contributed by atoms with Crippen LogP contribution in [-0.2, 0) is 5.41 Å². The molecule has 0 saturated carbocycles. The summed E-state index contributed by atoms with van der Waals surface area (Å²) in [5.41, 5.74) is 3.94. The number of benzene rings is 2. The number of carbonyl (C=O) groups excluding carboxylic acids is 1. The summed E-state index contributed by atoms with van der Waals surface area (Å²) in [6.07, 6.45) is 0.864. The second kappa shape index (κ2) is 5.18. The van der Waals surface area contributed by atoms with Gasteiger partial charge in [0.15, 0.2) is 6.29 Å². The van der Waals surface area contributed by atoms with E-state index in [9.17, 15) is 4.79 Å². The van der Waals surface area contributed by atoms with E-state index in [1.807, 2.05) is 18.2 Å². The quantitative estimate of drug-likeness (QED) is 0.694. The Balaban J connectivity index is 2.48. The highest BCUT2D eigenvalue weighted by molar-refractivity contribution is 6.31. The first-order chi connectivity index (χ1) is 8.91. The summed E-state index contributed by atoms with van der Waals surface area (Å²) >= 11 is 6.01. The van der Waals surface area contributed by atoms with Crippen LogP contribution in [0.25, 0.3) is 11.1 Å². The second-order valence-corrected chi connectivity index (χ2v) is 6.11. The van der Waals surface area contributed by atoms with Crippen molar-refractivity contribution in [3.05, 3.63) is 58.6 Å². The van der Waals surface area contributed by atoms with Gasteiger partial charge in [-0.1, -0.05) is 56.6 Å². The van der Waals surface area contributed by atoms with E-state index in [4.69, 9.17) is 11.6 Å². The van der Waals surface area contributed by atoms with Crippen molar-refractivity contribution in [2.75, 3.05) is 0 Å². The van der Waals surface area contributed by atoms with Crippen LogP contribution < -0.4 is 0 Å². The lowest BCUT2D eigenvalue weighted by Gasteiger charge is -2.19. The fraction of sp³-hybridized carbons (Fsp3) is 0.235. The SMILES string of the molecule is CC(C)(C)c1ccc(-c2cc(Cl)ccc2C=O)cc1. The third-order valence-corrected chi connectivity index (χ3v) is 3.44. The molecule has 0 aliphatic carbocycles. The summed E-state index contributed by atoms with van der Waals surface area (Å²) < 4.78 is 0.